The molecule has 2 aliphatic carbocycles. The highest BCUT2D eigenvalue weighted by molar-refractivity contribution is 5.87. The molecule has 1 saturated heterocycles. The van der Waals surface area contributed by atoms with Crippen LogP contribution in [0.5, 0.6) is 0 Å². The van der Waals surface area contributed by atoms with Crippen molar-refractivity contribution < 1.29 is 28.6 Å². The molecule has 3 fully saturated rings. The van der Waals surface area contributed by atoms with E-state index in [1.165, 1.54) is 24.2 Å². The van der Waals surface area contributed by atoms with Gasteiger partial charge in [0.15, 0.2) is 5.60 Å². The predicted molar refractivity (Wildman–Crippen MR) is 95.3 cm³/mol. The van der Waals surface area contributed by atoms with Crippen LogP contribution in [0.1, 0.15) is 51.4 Å². The van der Waals surface area contributed by atoms with Crippen LogP contribution in [-0.2, 0) is 28.6 Å². The van der Waals surface area contributed by atoms with E-state index in [0.29, 0.717) is 19.3 Å². The third-order valence-corrected chi connectivity index (χ3v) is 5.28. The Morgan fingerprint density at radius 1 is 1.22 bits per heavy atom. The molecule has 8 nitrogen and oxygen atoms in total. The molecule has 3 rings (SSSR count). The SMILES string of the molecule is CNC(=O)/C=C\N(C=O)C1CCC(COC(=O)C2(OC3CC3)CCCC2)O1. The van der Waals surface area contributed by atoms with Crippen molar-refractivity contribution in [2.75, 3.05) is 13.7 Å². The number of nitrogens with zero attached hydrogens (tertiary/aromatic N) is 1. The average Bonchev–Trinajstić information content (AvgIpc) is 3.16. The van der Waals surface area contributed by atoms with Gasteiger partial charge in [0.25, 0.3) is 0 Å². The van der Waals surface area contributed by atoms with Gasteiger partial charge in [-0.15, -0.1) is 0 Å². The van der Waals surface area contributed by atoms with E-state index in [2.05, 4.69) is 5.32 Å². The van der Waals surface area contributed by atoms with Crippen LogP contribution in [0, 0.1) is 0 Å². The van der Waals surface area contributed by atoms with Crippen molar-refractivity contribution in [3.63, 3.8) is 0 Å². The third kappa shape index (κ3) is 5.07. The Morgan fingerprint density at radius 3 is 2.59 bits per heavy atom. The molecule has 2 atom stereocenters. The van der Waals surface area contributed by atoms with Gasteiger partial charge < -0.3 is 19.5 Å². The molecule has 3 aliphatic rings. The van der Waals surface area contributed by atoms with Gasteiger partial charge in [0.2, 0.25) is 12.3 Å². The highest BCUT2D eigenvalue weighted by atomic mass is 16.6. The van der Waals surface area contributed by atoms with Crippen molar-refractivity contribution in [2.45, 2.75) is 75.4 Å². The van der Waals surface area contributed by atoms with Gasteiger partial charge in [-0.3, -0.25) is 14.5 Å². The lowest BCUT2D eigenvalue weighted by molar-refractivity contribution is -0.178. The van der Waals surface area contributed by atoms with Crippen LogP contribution in [0.15, 0.2) is 12.3 Å². The van der Waals surface area contributed by atoms with Crippen molar-refractivity contribution in [3.8, 4) is 0 Å². The van der Waals surface area contributed by atoms with Crippen LogP contribution >= 0.6 is 0 Å². The number of carbonyl (C=O) groups excluding carboxylic acids is 3. The quantitative estimate of drug-likeness (QED) is 0.367. The zero-order chi connectivity index (χ0) is 19.3. The van der Waals surface area contributed by atoms with E-state index in [1.54, 1.807) is 0 Å². The van der Waals surface area contributed by atoms with E-state index < -0.39 is 11.8 Å². The van der Waals surface area contributed by atoms with Gasteiger partial charge in [-0.05, 0) is 51.4 Å². The van der Waals surface area contributed by atoms with Crippen molar-refractivity contribution in [1.29, 1.82) is 0 Å². The summed E-state index contributed by atoms with van der Waals surface area (Å²) in [7, 11) is 1.51. The number of rotatable bonds is 9. The lowest BCUT2D eigenvalue weighted by Gasteiger charge is -2.28. The first kappa shape index (κ1) is 19.8. The smallest absolute Gasteiger partial charge is 0.338 e. The summed E-state index contributed by atoms with van der Waals surface area (Å²) in [4.78, 5) is 36.5. The number of esters is 1. The van der Waals surface area contributed by atoms with Gasteiger partial charge >= 0.3 is 5.97 Å². The van der Waals surface area contributed by atoms with Crippen molar-refractivity contribution in [1.82, 2.24) is 10.2 Å². The van der Waals surface area contributed by atoms with E-state index in [4.69, 9.17) is 14.2 Å². The van der Waals surface area contributed by atoms with E-state index >= 15 is 0 Å². The molecule has 27 heavy (non-hydrogen) atoms. The molecule has 1 N–H and O–H groups in total. The van der Waals surface area contributed by atoms with Gasteiger partial charge in [0.1, 0.15) is 12.8 Å². The largest absolute Gasteiger partial charge is 0.461 e. The van der Waals surface area contributed by atoms with Crippen LogP contribution in [-0.4, -0.2) is 60.9 Å². The topological polar surface area (TPSA) is 94.2 Å². The molecule has 2 amide bonds. The number of hydrogen-bond donors (Lipinski definition) is 1. The van der Waals surface area contributed by atoms with Crippen LogP contribution < -0.4 is 5.32 Å². The maximum Gasteiger partial charge on any atom is 0.338 e. The summed E-state index contributed by atoms with van der Waals surface area (Å²) in [5.41, 5.74) is -0.774. The first-order chi connectivity index (χ1) is 13.1. The summed E-state index contributed by atoms with van der Waals surface area (Å²) in [5.74, 6) is -0.589. The maximum absolute atomic E-state index is 12.6. The van der Waals surface area contributed by atoms with Gasteiger partial charge in [0, 0.05) is 19.3 Å². The Bertz CT molecular complexity index is 583. The molecule has 0 spiro atoms. The summed E-state index contributed by atoms with van der Waals surface area (Å²) >= 11 is 0. The van der Waals surface area contributed by atoms with E-state index in [0.717, 1.165) is 38.5 Å². The molecule has 1 heterocycles. The molecule has 150 valence electrons. The fourth-order valence-corrected chi connectivity index (χ4v) is 3.59. The van der Waals surface area contributed by atoms with Crippen LogP contribution in [0.4, 0.5) is 0 Å². The molecule has 0 radical (unpaired) electrons. The summed E-state index contributed by atoms with van der Waals surface area (Å²) in [6, 6.07) is 0. The standard InChI is InChI=1S/C19H28N2O6/c1-20-16(23)8-11-21(13-22)17-7-6-15(26-17)12-25-18(24)19(9-2-3-10-19)27-14-4-5-14/h8,11,13-15,17H,2-7,9-10,12H2,1H3,(H,20,23)/b11-8-. The number of amides is 2. The van der Waals surface area contributed by atoms with Crippen LogP contribution in [0.25, 0.3) is 0 Å². The second-order valence-corrected chi connectivity index (χ2v) is 7.39. The highest BCUT2D eigenvalue weighted by Crippen LogP contribution is 2.40. The van der Waals surface area contributed by atoms with Gasteiger partial charge in [-0.2, -0.15) is 0 Å². The molecule has 0 aromatic carbocycles. The molecule has 2 unspecified atom stereocenters. The molecule has 8 heteroatoms. The number of ether oxygens (including phenoxy) is 3. The molecular formula is C19H28N2O6. The molecule has 0 aromatic rings. The number of nitrogens with one attached hydrogen (secondary N) is 1. The Hall–Kier alpha value is -1.93. The van der Waals surface area contributed by atoms with Gasteiger partial charge in [-0.25, -0.2) is 4.79 Å². The minimum atomic E-state index is -0.774. The lowest BCUT2D eigenvalue weighted by Crippen LogP contribution is -2.42. The van der Waals surface area contributed by atoms with Crippen LogP contribution in [0.2, 0.25) is 0 Å². The zero-order valence-corrected chi connectivity index (χ0v) is 15.7. The predicted octanol–water partition coefficient (Wildman–Crippen LogP) is 1.24. The minimum absolute atomic E-state index is 0.150. The summed E-state index contributed by atoms with van der Waals surface area (Å²) in [6.45, 7) is 0.150. The Balaban J connectivity index is 1.47. The summed E-state index contributed by atoms with van der Waals surface area (Å²) in [6.07, 6.45) is 9.49. The normalized spacial score (nSPS) is 26.9. The second-order valence-electron chi connectivity index (χ2n) is 7.39. The fraction of sp³-hybridized carbons (Fsp3) is 0.737. The summed E-state index contributed by atoms with van der Waals surface area (Å²) < 4.78 is 17.4. The van der Waals surface area contributed by atoms with Crippen LogP contribution in [0.3, 0.4) is 0 Å². The molecule has 1 aliphatic heterocycles. The second kappa shape index (κ2) is 8.84. The van der Waals surface area contributed by atoms with Gasteiger partial charge in [0.05, 0.1) is 12.2 Å². The molecule has 0 aromatic heterocycles. The number of hydrogen-bond acceptors (Lipinski definition) is 6. The van der Waals surface area contributed by atoms with E-state index in [9.17, 15) is 14.4 Å². The first-order valence-corrected chi connectivity index (χ1v) is 9.69. The maximum atomic E-state index is 12.6. The van der Waals surface area contributed by atoms with Crippen molar-refractivity contribution in [2.24, 2.45) is 0 Å². The van der Waals surface area contributed by atoms with Gasteiger partial charge in [-0.1, -0.05) is 0 Å². The number of likely N-dealkylation sites (N-methyl/N-ethyl adjacent to an activating group) is 1. The molecular weight excluding hydrogens is 352 g/mol. The summed E-state index contributed by atoms with van der Waals surface area (Å²) in [5, 5.41) is 2.45. The monoisotopic (exact) mass is 380 g/mol. The first-order valence-electron chi connectivity index (χ1n) is 9.69. The number of carbonyl (C=O) groups is 3. The Morgan fingerprint density at radius 2 is 1.96 bits per heavy atom. The molecule has 2 saturated carbocycles. The third-order valence-electron chi connectivity index (χ3n) is 5.28. The molecule has 0 bridgehead atoms. The van der Waals surface area contributed by atoms with E-state index in [-0.39, 0.29) is 30.7 Å². The zero-order valence-electron chi connectivity index (χ0n) is 15.7. The van der Waals surface area contributed by atoms with Crippen molar-refractivity contribution in [3.05, 3.63) is 12.3 Å². The van der Waals surface area contributed by atoms with E-state index in [1.807, 2.05) is 0 Å². The Labute approximate surface area is 159 Å². The lowest BCUT2D eigenvalue weighted by atomic mass is 10.0. The average molecular weight is 380 g/mol. The van der Waals surface area contributed by atoms with Crippen molar-refractivity contribution >= 4 is 18.3 Å². The Kier molecular flexibility index (Phi) is 6.49. The fourth-order valence-electron chi connectivity index (χ4n) is 3.59. The highest BCUT2D eigenvalue weighted by Gasteiger charge is 2.47. The minimum Gasteiger partial charge on any atom is -0.461 e.